The number of unbranched alkanes of at least 4 members (excludes halogenated alkanes) is 9. The zero-order valence-corrected chi connectivity index (χ0v) is 25.3. The van der Waals surface area contributed by atoms with Gasteiger partial charge in [-0.15, -0.1) is 10.2 Å². The highest BCUT2D eigenvalue weighted by Gasteiger charge is 2.24. The Bertz CT molecular complexity index is 639. The first-order valence-corrected chi connectivity index (χ1v) is 14.5. The number of carbonyl (C=O) groups is 2. The maximum absolute atomic E-state index is 11.8. The molecule has 10 nitrogen and oxygen atoms in total. The molecular weight excluding hydrogens is 488 g/mol. The molecule has 222 valence electrons. The molecule has 0 aliphatic carbocycles. The van der Waals surface area contributed by atoms with Crippen LogP contribution in [0.15, 0.2) is 20.5 Å². The molecule has 0 aromatic carbocycles. The summed E-state index contributed by atoms with van der Waals surface area (Å²) in [5.41, 5.74) is -2.03. The summed E-state index contributed by atoms with van der Waals surface area (Å²) in [7, 11) is 0. The zero-order valence-electron chi connectivity index (χ0n) is 25.3. The van der Waals surface area contributed by atoms with Crippen molar-refractivity contribution in [1.29, 1.82) is 0 Å². The third kappa shape index (κ3) is 21.8. The average molecular weight is 543 g/mol. The Morgan fingerprint density at radius 3 is 1.16 bits per heavy atom. The highest BCUT2D eigenvalue weighted by molar-refractivity contribution is 5.60. The number of hydrogen-bond donors (Lipinski definition) is 0. The monoisotopic (exact) mass is 542 g/mol. The molecule has 0 radical (unpaired) electrons. The van der Waals surface area contributed by atoms with Gasteiger partial charge in [0.1, 0.15) is 0 Å². The quantitative estimate of drug-likeness (QED) is 0.0809. The SMILES string of the molecule is CCC(C)N=NC(C)(C)OC(=O)OCCCCCCCCCCCCOC(=O)OC(C)(C)N=NC(C)CC. The smallest absolute Gasteiger partial charge is 0.434 e. The Morgan fingerprint density at radius 2 is 0.868 bits per heavy atom. The Kier molecular flexibility index (Phi) is 19.4. The van der Waals surface area contributed by atoms with Crippen molar-refractivity contribution in [1.82, 2.24) is 0 Å². The maximum Gasteiger partial charge on any atom is 0.510 e. The lowest BCUT2D eigenvalue weighted by atomic mass is 10.1. The fraction of sp³-hybridized carbons (Fsp3) is 0.929. The molecule has 0 aliphatic rings. The zero-order chi connectivity index (χ0) is 28.9. The van der Waals surface area contributed by atoms with E-state index in [4.69, 9.17) is 18.9 Å². The van der Waals surface area contributed by atoms with Gasteiger partial charge < -0.3 is 18.9 Å². The average Bonchev–Trinajstić information content (AvgIpc) is 2.85. The Labute approximate surface area is 230 Å². The third-order valence-electron chi connectivity index (χ3n) is 5.82. The first kappa shape index (κ1) is 35.7. The highest BCUT2D eigenvalue weighted by atomic mass is 16.7. The van der Waals surface area contributed by atoms with Gasteiger partial charge >= 0.3 is 12.3 Å². The van der Waals surface area contributed by atoms with Gasteiger partial charge in [0, 0.05) is 0 Å². The van der Waals surface area contributed by atoms with E-state index in [1.165, 1.54) is 25.7 Å². The lowest BCUT2D eigenvalue weighted by molar-refractivity contribution is -0.0177. The van der Waals surface area contributed by atoms with Crippen LogP contribution in [0.3, 0.4) is 0 Å². The second-order valence-electron chi connectivity index (χ2n) is 10.8. The third-order valence-corrected chi connectivity index (χ3v) is 5.82. The normalized spacial score (nSPS) is 14.0. The van der Waals surface area contributed by atoms with Crippen molar-refractivity contribution in [2.45, 2.75) is 156 Å². The minimum Gasteiger partial charge on any atom is -0.434 e. The van der Waals surface area contributed by atoms with Crippen molar-refractivity contribution in [2.24, 2.45) is 20.5 Å². The van der Waals surface area contributed by atoms with Crippen LogP contribution in [-0.4, -0.2) is 49.1 Å². The van der Waals surface area contributed by atoms with Gasteiger partial charge in [-0.25, -0.2) is 9.59 Å². The molecule has 0 amide bonds. The summed E-state index contributed by atoms with van der Waals surface area (Å²) in [6, 6.07) is 0.199. The largest absolute Gasteiger partial charge is 0.510 e. The van der Waals surface area contributed by atoms with Crippen molar-refractivity contribution in [3.05, 3.63) is 0 Å². The Hall–Kier alpha value is -2.26. The van der Waals surface area contributed by atoms with E-state index in [9.17, 15) is 9.59 Å². The molecule has 38 heavy (non-hydrogen) atoms. The number of ether oxygens (including phenoxy) is 4. The lowest BCUT2D eigenvalue weighted by Gasteiger charge is -2.19. The number of carbonyl (C=O) groups excluding carboxylic acids is 2. The molecule has 10 heteroatoms. The molecule has 2 unspecified atom stereocenters. The number of hydrogen-bond acceptors (Lipinski definition) is 10. The van der Waals surface area contributed by atoms with Crippen LogP contribution >= 0.6 is 0 Å². The van der Waals surface area contributed by atoms with Gasteiger partial charge in [0.2, 0.25) is 11.4 Å². The Morgan fingerprint density at radius 1 is 0.579 bits per heavy atom. The molecule has 0 aromatic heterocycles. The van der Waals surface area contributed by atoms with Gasteiger partial charge in [-0.3, -0.25) is 0 Å². The van der Waals surface area contributed by atoms with Crippen LogP contribution in [0, 0.1) is 0 Å². The summed E-state index contributed by atoms with van der Waals surface area (Å²) in [5, 5.41) is 16.4. The van der Waals surface area contributed by atoms with Crippen LogP contribution in [0.25, 0.3) is 0 Å². The molecule has 0 heterocycles. The number of rotatable bonds is 21. The van der Waals surface area contributed by atoms with Gasteiger partial charge in [-0.2, -0.15) is 10.2 Å². The Balaban J connectivity index is 3.63. The first-order chi connectivity index (χ1) is 17.9. The molecular formula is C28H54N4O6. The van der Waals surface area contributed by atoms with Crippen LogP contribution < -0.4 is 0 Å². The summed E-state index contributed by atoms with van der Waals surface area (Å²) in [5.74, 6) is 0. The summed E-state index contributed by atoms with van der Waals surface area (Å²) in [4.78, 5) is 23.7. The minimum absolute atomic E-state index is 0.0994. The second-order valence-corrected chi connectivity index (χ2v) is 10.8. The summed E-state index contributed by atoms with van der Waals surface area (Å²) >= 11 is 0. The second kappa shape index (κ2) is 20.7. The first-order valence-electron chi connectivity index (χ1n) is 14.5. The van der Waals surface area contributed by atoms with Crippen LogP contribution in [0.1, 0.15) is 132 Å². The van der Waals surface area contributed by atoms with E-state index in [2.05, 4.69) is 20.5 Å². The fourth-order valence-electron chi connectivity index (χ4n) is 3.08. The molecule has 0 bridgehead atoms. The molecule has 0 saturated carbocycles. The lowest BCUT2D eigenvalue weighted by Crippen LogP contribution is -2.26. The van der Waals surface area contributed by atoms with Gasteiger partial charge in [-0.1, -0.05) is 65.2 Å². The molecule has 0 spiro atoms. The predicted molar refractivity (Wildman–Crippen MR) is 148 cm³/mol. The molecule has 0 rings (SSSR count). The molecule has 0 aliphatic heterocycles. The van der Waals surface area contributed by atoms with E-state index in [1.54, 1.807) is 27.7 Å². The van der Waals surface area contributed by atoms with Gasteiger partial charge in [0.15, 0.2) is 0 Å². The maximum atomic E-state index is 11.8. The predicted octanol–water partition coefficient (Wildman–Crippen LogP) is 9.17. The fourth-order valence-corrected chi connectivity index (χ4v) is 3.08. The van der Waals surface area contributed by atoms with Gasteiger partial charge in [-0.05, 0) is 67.2 Å². The van der Waals surface area contributed by atoms with E-state index in [0.717, 1.165) is 51.4 Å². The van der Waals surface area contributed by atoms with E-state index in [0.29, 0.717) is 13.2 Å². The van der Waals surface area contributed by atoms with Crippen LogP contribution in [0.4, 0.5) is 9.59 Å². The van der Waals surface area contributed by atoms with Crippen molar-refractivity contribution in [3.63, 3.8) is 0 Å². The molecule has 0 fully saturated rings. The number of azo groups is 2. The van der Waals surface area contributed by atoms with Crippen LogP contribution in [0.5, 0.6) is 0 Å². The summed E-state index contributed by atoms with van der Waals surface area (Å²) in [6.45, 7) is 15.4. The number of nitrogens with zero attached hydrogens (tertiary/aromatic N) is 4. The summed E-state index contributed by atoms with van der Waals surface area (Å²) < 4.78 is 20.8. The van der Waals surface area contributed by atoms with E-state index < -0.39 is 23.8 Å². The van der Waals surface area contributed by atoms with Gasteiger partial charge in [0.05, 0.1) is 25.3 Å². The van der Waals surface area contributed by atoms with Crippen molar-refractivity contribution >= 4 is 12.3 Å². The topological polar surface area (TPSA) is 121 Å². The van der Waals surface area contributed by atoms with Gasteiger partial charge in [0.25, 0.3) is 0 Å². The van der Waals surface area contributed by atoms with E-state index in [-0.39, 0.29) is 12.1 Å². The molecule has 0 aromatic rings. The standard InChI is InChI=1S/C28H54N4O6/c1-9-23(3)29-31-27(5,6)37-25(33)35-21-19-17-15-13-11-12-14-16-18-20-22-36-26(34)38-28(7,8)32-30-24(4)10-2/h23-24H,9-22H2,1-8H3. The highest BCUT2D eigenvalue weighted by Crippen LogP contribution is 2.16. The van der Waals surface area contributed by atoms with Crippen LogP contribution in [-0.2, 0) is 18.9 Å². The van der Waals surface area contributed by atoms with Crippen molar-refractivity contribution < 1.29 is 28.5 Å². The van der Waals surface area contributed by atoms with Crippen molar-refractivity contribution in [3.8, 4) is 0 Å². The van der Waals surface area contributed by atoms with E-state index >= 15 is 0 Å². The minimum atomic E-state index is -1.02. The molecule has 0 saturated heterocycles. The van der Waals surface area contributed by atoms with Crippen LogP contribution in [0.2, 0.25) is 0 Å². The van der Waals surface area contributed by atoms with E-state index in [1.807, 2.05) is 27.7 Å². The molecule has 2 atom stereocenters. The summed E-state index contributed by atoms with van der Waals surface area (Å²) in [6.07, 6.45) is 11.0. The van der Waals surface area contributed by atoms with Crippen molar-refractivity contribution in [2.75, 3.05) is 13.2 Å². The molecule has 0 N–H and O–H groups in total.